The molecule has 2 aliphatic rings. The average Bonchev–Trinajstić information content (AvgIpc) is 3.06. The summed E-state index contributed by atoms with van der Waals surface area (Å²) in [7, 11) is -1.87. The molecule has 0 spiro atoms. The SMILES string of the molecule is COC(=O)C[C@H]1C(=O)N(CC(=O)O)CCN1C(=O)[C@H](CC(=O)N1CCN(c2ccncc2)CC1)NS(=O)(=O)c1ccc(OC)cc1. The summed E-state index contributed by atoms with van der Waals surface area (Å²) < 4.78 is 39.0. The molecule has 0 aliphatic carbocycles. The third-order valence-corrected chi connectivity index (χ3v) is 9.27. The highest BCUT2D eigenvalue weighted by atomic mass is 32.2. The van der Waals surface area contributed by atoms with E-state index in [1.165, 1.54) is 36.3 Å². The number of carboxylic acid groups (broad SMARTS) is 1. The Hall–Kier alpha value is -4.77. The fraction of sp³-hybridized carbons (Fsp3) is 0.448. The lowest BCUT2D eigenvalue weighted by Gasteiger charge is -2.41. The Morgan fingerprint density at radius 3 is 2.22 bits per heavy atom. The number of aromatic nitrogens is 1. The number of esters is 1. The van der Waals surface area contributed by atoms with Crippen LogP contribution in [0, 0.1) is 0 Å². The molecule has 16 nitrogen and oxygen atoms in total. The van der Waals surface area contributed by atoms with Crippen molar-refractivity contribution in [1.82, 2.24) is 24.4 Å². The Balaban J connectivity index is 1.58. The van der Waals surface area contributed by atoms with Crippen LogP contribution in [0.3, 0.4) is 0 Å². The number of methoxy groups -OCH3 is 2. The second kappa shape index (κ2) is 15.0. The maximum Gasteiger partial charge on any atom is 0.323 e. The first-order valence-corrected chi connectivity index (χ1v) is 15.9. The van der Waals surface area contributed by atoms with Crippen molar-refractivity contribution in [2.45, 2.75) is 29.8 Å². The van der Waals surface area contributed by atoms with E-state index >= 15 is 0 Å². The number of nitrogens with zero attached hydrogens (tertiary/aromatic N) is 5. The number of amides is 3. The first-order valence-electron chi connectivity index (χ1n) is 14.4. The topological polar surface area (TPSA) is 196 Å². The normalized spacial score (nSPS) is 17.8. The van der Waals surface area contributed by atoms with Gasteiger partial charge in [0.05, 0.1) is 32.0 Å². The van der Waals surface area contributed by atoms with Gasteiger partial charge in [-0.25, -0.2) is 8.42 Å². The maximum atomic E-state index is 14.1. The molecule has 2 aliphatic heterocycles. The molecule has 1 aromatic carbocycles. The minimum Gasteiger partial charge on any atom is -0.497 e. The Bertz CT molecular complexity index is 1530. The first-order chi connectivity index (χ1) is 21.9. The molecule has 4 rings (SSSR count). The summed E-state index contributed by atoms with van der Waals surface area (Å²) in [5, 5.41) is 9.24. The summed E-state index contributed by atoms with van der Waals surface area (Å²) in [5.74, 6) is -3.96. The van der Waals surface area contributed by atoms with Crippen molar-refractivity contribution in [2.24, 2.45) is 0 Å². The summed E-state index contributed by atoms with van der Waals surface area (Å²) in [6.45, 7) is 0.558. The molecule has 0 bridgehead atoms. The number of benzene rings is 1. The van der Waals surface area contributed by atoms with Gasteiger partial charge in [0.1, 0.15) is 24.4 Å². The lowest BCUT2D eigenvalue weighted by atomic mass is 10.0. The van der Waals surface area contributed by atoms with E-state index < -0.39 is 71.2 Å². The van der Waals surface area contributed by atoms with Crippen molar-refractivity contribution in [3.8, 4) is 5.75 Å². The number of pyridine rings is 1. The number of hydrogen-bond donors (Lipinski definition) is 2. The zero-order chi connectivity index (χ0) is 33.4. The van der Waals surface area contributed by atoms with Gasteiger partial charge in [-0.3, -0.25) is 29.0 Å². The fourth-order valence-electron chi connectivity index (χ4n) is 5.32. The number of nitrogens with one attached hydrogen (secondary N) is 1. The van der Waals surface area contributed by atoms with Gasteiger partial charge in [-0.05, 0) is 36.4 Å². The summed E-state index contributed by atoms with van der Waals surface area (Å²) in [5.41, 5.74) is 0.936. The summed E-state index contributed by atoms with van der Waals surface area (Å²) in [4.78, 5) is 73.9. The van der Waals surface area contributed by atoms with Crippen LogP contribution in [-0.4, -0.2) is 135 Å². The Morgan fingerprint density at radius 1 is 0.978 bits per heavy atom. The first kappa shape index (κ1) is 34.1. The molecular weight excluding hydrogens is 624 g/mol. The van der Waals surface area contributed by atoms with Gasteiger partial charge in [-0.15, -0.1) is 0 Å². The highest BCUT2D eigenvalue weighted by molar-refractivity contribution is 7.89. The highest BCUT2D eigenvalue weighted by Gasteiger charge is 2.43. The number of piperazine rings is 2. The molecular formula is C29H36N6O10S. The molecule has 2 fully saturated rings. The summed E-state index contributed by atoms with van der Waals surface area (Å²) in [6, 6.07) is 5.97. The Labute approximate surface area is 265 Å². The maximum absolute atomic E-state index is 14.1. The molecule has 3 heterocycles. The van der Waals surface area contributed by atoms with Crippen molar-refractivity contribution in [2.75, 3.05) is 64.9 Å². The largest absolute Gasteiger partial charge is 0.497 e. The molecule has 2 N–H and O–H groups in total. The van der Waals surface area contributed by atoms with Crippen LogP contribution in [-0.2, 0) is 38.7 Å². The van der Waals surface area contributed by atoms with Crippen LogP contribution < -0.4 is 14.4 Å². The fourth-order valence-corrected chi connectivity index (χ4v) is 6.51. The van der Waals surface area contributed by atoms with Crippen molar-refractivity contribution in [3.63, 3.8) is 0 Å². The van der Waals surface area contributed by atoms with Gasteiger partial charge in [-0.1, -0.05) is 0 Å². The van der Waals surface area contributed by atoms with Crippen LogP contribution in [0.4, 0.5) is 5.69 Å². The lowest BCUT2D eigenvalue weighted by Crippen LogP contribution is -2.63. The second-order valence-electron chi connectivity index (χ2n) is 10.6. The number of carboxylic acids is 1. The zero-order valence-electron chi connectivity index (χ0n) is 25.4. The van der Waals surface area contributed by atoms with Crippen LogP contribution >= 0.6 is 0 Å². The number of ether oxygens (including phenoxy) is 2. The van der Waals surface area contributed by atoms with Crippen LogP contribution in [0.25, 0.3) is 0 Å². The quantitative estimate of drug-likeness (QED) is 0.269. The molecule has 2 aromatic rings. The van der Waals surface area contributed by atoms with E-state index in [2.05, 4.69) is 14.6 Å². The van der Waals surface area contributed by atoms with E-state index in [-0.39, 0.29) is 18.0 Å². The number of rotatable bonds is 12. The zero-order valence-corrected chi connectivity index (χ0v) is 26.2. The van der Waals surface area contributed by atoms with E-state index in [4.69, 9.17) is 9.47 Å². The van der Waals surface area contributed by atoms with Crippen LogP contribution in [0.2, 0.25) is 0 Å². The average molecular weight is 661 g/mol. The third kappa shape index (κ3) is 8.28. The van der Waals surface area contributed by atoms with E-state index in [1.54, 1.807) is 12.4 Å². The number of sulfonamides is 1. The Morgan fingerprint density at radius 2 is 1.63 bits per heavy atom. The molecule has 3 amide bonds. The number of carbonyl (C=O) groups is 5. The monoisotopic (exact) mass is 660 g/mol. The van der Waals surface area contributed by atoms with Crippen molar-refractivity contribution in [3.05, 3.63) is 48.8 Å². The molecule has 0 saturated carbocycles. The van der Waals surface area contributed by atoms with Gasteiger partial charge in [0.15, 0.2) is 0 Å². The van der Waals surface area contributed by atoms with E-state index in [0.717, 1.165) is 22.6 Å². The van der Waals surface area contributed by atoms with E-state index in [1.807, 2.05) is 12.1 Å². The van der Waals surface area contributed by atoms with Gasteiger partial charge in [0.2, 0.25) is 27.7 Å². The van der Waals surface area contributed by atoms with Gasteiger partial charge < -0.3 is 34.2 Å². The molecule has 46 heavy (non-hydrogen) atoms. The molecule has 2 saturated heterocycles. The lowest BCUT2D eigenvalue weighted by molar-refractivity contribution is -0.159. The number of carbonyl (C=O) groups excluding carboxylic acids is 4. The van der Waals surface area contributed by atoms with Crippen molar-refractivity contribution in [1.29, 1.82) is 0 Å². The minimum absolute atomic E-state index is 0.183. The molecule has 2 atom stereocenters. The van der Waals surface area contributed by atoms with E-state index in [0.29, 0.717) is 31.9 Å². The standard InChI is InChI=1S/C29H36N6O10S/c1-44-21-3-5-22(6-4-21)46(42,43)31-23(17-25(36)33-13-11-32(12-14-33)20-7-9-30-10-8-20)28(40)35-16-15-34(19-26(37)38)29(41)24(35)18-27(39)45-2/h3-10,23-24,31H,11-19H2,1-2H3,(H,37,38)/t23-,24-/m0/s1. The second-order valence-corrected chi connectivity index (χ2v) is 12.3. The predicted octanol–water partition coefficient (Wildman–Crippen LogP) is -0.837. The molecule has 17 heteroatoms. The van der Waals surface area contributed by atoms with Crippen LogP contribution in [0.5, 0.6) is 5.75 Å². The molecule has 0 unspecified atom stereocenters. The van der Waals surface area contributed by atoms with Gasteiger partial charge in [0.25, 0.3) is 0 Å². The molecule has 248 valence electrons. The van der Waals surface area contributed by atoms with E-state index in [9.17, 15) is 37.5 Å². The van der Waals surface area contributed by atoms with Crippen molar-refractivity contribution >= 4 is 45.4 Å². The molecule has 1 aromatic heterocycles. The number of anilines is 1. The van der Waals surface area contributed by atoms with Gasteiger partial charge >= 0.3 is 11.9 Å². The van der Waals surface area contributed by atoms with Crippen molar-refractivity contribution < 1.29 is 47.0 Å². The predicted molar refractivity (Wildman–Crippen MR) is 161 cm³/mol. The third-order valence-electron chi connectivity index (χ3n) is 7.78. The molecule has 0 radical (unpaired) electrons. The minimum atomic E-state index is -4.38. The Kier molecular flexibility index (Phi) is 11.1. The van der Waals surface area contributed by atoms with Gasteiger partial charge in [0, 0.05) is 57.3 Å². The number of hydrogen-bond acceptors (Lipinski definition) is 11. The highest BCUT2D eigenvalue weighted by Crippen LogP contribution is 2.22. The summed E-state index contributed by atoms with van der Waals surface area (Å²) in [6.07, 6.45) is 2.16. The smallest absolute Gasteiger partial charge is 0.323 e. The van der Waals surface area contributed by atoms with Gasteiger partial charge in [-0.2, -0.15) is 4.72 Å². The summed E-state index contributed by atoms with van der Waals surface area (Å²) >= 11 is 0. The van der Waals surface area contributed by atoms with Crippen LogP contribution in [0.15, 0.2) is 53.7 Å². The number of aliphatic carboxylic acids is 1. The van der Waals surface area contributed by atoms with Crippen LogP contribution in [0.1, 0.15) is 12.8 Å².